The van der Waals surface area contributed by atoms with Gasteiger partial charge in [-0.25, -0.2) is 27.5 Å². The lowest BCUT2D eigenvalue weighted by molar-refractivity contribution is -0.384. The maximum absolute atomic E-state index is 13.8. The molecule has 0 atom stereocenters. The molecule has 3 N–H and O–H groups in total. The van der Waals surface area contributed by atoms with Gasteiger partial charge in [-0.2, -0.15) is 0 Å². The number of hydrogen-bond donors (Lipinski definition) is 3. The van der Waals surface area contributed by atoms with E-state index >= 15 is 0 Å². The number of nitro benzene ring substituents is 1. The first-order valence-corrected chi connectivity index (χ1v) is 10.1. The minimum absolute atomic E-state index is 0.0379. The first-order valence-electron chi connectivity index (χ1n) is 8.16. The zero-order chi connectivity index (χ0) is 21.7. The Kier molecular flexibility index (Phi) is 6.13. The van der Waals surface area contributed by atoms with Crippen molar-refractivity contribution in [2.75, 3.05) is 15.4 Å². The predicted molar refractivity (Wildman–Crippen MR) is 112 cm³/mol. The monoisotopic (exact) mass is 448 g/mol. The first-order chi connectivity index (χ1) is 14.2. The van der Waals surface area contributed by atoms with Crippen LogP contribution >= 0.6 is 12.2 Å². The van der Waals surface area contributed by atoms with Gasteiger partial charge >= 0.3 is 0 Å². The van der Waals surface area contributed by atoms with E-state index in [4.69, 9.17) is 12.2 Å². The number of nitrogens with zero attached hydrogens (tertiary/aromatic N) is 3. The fourth-order valence-corrected chi connectivity index (χ4v) is 3.44. The van der Waals surface area contributed by atoms with Crippen LogP contribution in [-0.4, -0.2) is 28.4 Å². The van der Waals surface area contributed by atoms with Crippen LogP contribution < -0.4 is 15.4 Å². The number of aromatic nitrogens is 2. The minimum Gasteiger partial charge on any atom is -0.332 e. The smallest absolute Gasteiger partial charge is 0.271 e. The molecule has 0 radical (unpaired) electrons. The number of sulfonamides is 1. The molecule has 3 rings (SSSR count). The van der Waals surface area contributed by atoms with Crippen LogP contribution in [-0.2, 0) is 10.0 Å². The molecule has 0 saturated heterocycles. The summed E-state index contributed by atoms with van der Waals surface area (Å²) in [5.41, 5.74) is -0.0626. The minimum atomic E-state index is -3.89. The van der Waals surface area contributed by atoms with Crippen LogP contribution in [0.4, 0.5) is 27.4 Å². The third kappa shape index (κ3) is 5.21. The molecular formula is C17H13FN6O4S2. The molecule has 3 aromatic rings. The molecule has 154 valence electrons. The predicted octanol–water partition coefficient (Wildman–Crippen LogP) is 3.13. The normalized spacial score (nSPS) is 10.8. The molecule has 1 aromatic heterocycles. The highest BCUT2D eigenvalue weighted by Gasteiger charge is 2.16. The Morgan fingerprint density at radius 3 is 2.37 bits per heavy atom. The molecule has 0 amide bonds. The Bertz CT molecular complexity index is 1190. The van der Waals surface area contributed by atoms with Crippen molar-refractivity contribution in [3.05, 3.63) is 76.9 Å². The SMILES string of the molecule is O=[N+]([O-])c1ccc(F)c(NC(=S)Nc2ccc(S(=O)(=O)Nc3ncccn3)cc2)c1. The first kappa shape index (κ1) is 21.0. The van der Waals surface area contributed by atoms with E-state index < -0.39 is 20.8 Å². The molecule has 0 aliphatic rings. The number of benzene rings is 2. The van der Waals surface area contributed by atoms with Gasteiger partial charge in [-0.3, -0.25) is 10.1 Å². The lowest BCUT2D eigenvalue weighted by atomic mass is 10.2. The van der Waals surface area contributed by atoms with Gasteiger partial charge in [0, 0.05) is 30.2 Å². The van der Waals surface area contributed by atoms with E-state index in [0.717, 1.165) is 18.2 Å². The fourth-order valence-electron chi connectivity index (χ4n) is 2.26. The second kappa shape index (κ2) is 8.75. The number of non-ortho nitro benzene ring substituents is 1. The van der Waals surface area contributed by atoms with Crippen molar-refractivity contribution in [3.8, 4) is 0 Å². The van der Waals surface area contributed by atoms with Crippen LogP contribution in [0.1, 0.15) is 0 Å². The average molecular weight is 448 g/mol. The van der Waals surface area contributed by atoms with Crippen LogP contribution in [0.5, 0.6) is 0 Å². The molecule has 2 aromatic carbocycles. The van der Waals surface area contributed by atoms with Gasteiger partial charge in [-0.15, -0.1) is 0 Å². The van der Waals surface area contributed by atoms with E-state index in [1.165, 1.54) is 36.7 Å². The van der Waals surface area contributed by atoms with Gasteiger partial charge < -0.3 is 10.6 Å². The van der Waals surface area contributed by atoms with E-state index in [0.29, 0.717) is 5.69 Å². The summed E-state index contributed by atoms with van der Waals surface area (Å²) in [6.45, 7) is 0. The van der Waals surface area contributed by atoms with Crippen molar-refractivity contribution in [1.29, 1.82) is 0 Å². The lowest BCUT2D eigenvalue weighted by Crippen LogP contribution is -2.20. The number of nitro groups is 1. The van der Waals surface area contributed by atoms with Gasteiger partial charge in [0.2, 0.25) is 5.95 Å². The van der Waals surface area contributed by atoms with Crippen LogP contribution in [0.25, 0.3) is 0 Å². The van der Waals surface area contributed by atoms with Crippen LogP contribution in [0.2, 0.25) is 0 Å². The van der Waals surface area contributed by atoms with Gasteiger partial charge in [-0.1, -0.05) is 0 Å². The number of thiocarbonyl (C=S) groups is 1. The number of halogens is 1. The molecule has 30 heavy (non-hydrogen) atoms. The highest BCUT2D eigenvalue weighted by atomic mass is 32.2. The molecular weight excluding hydrogens is 435 g/mol. The van der Waals surface area contributed by atoms with Crippen LogP contribution in [0, 0.1) is 15.9 Å². The molecule has 0 fully saturated rings. The summed E-state index contributed by atoms with van der Waals surface area (Å²) >= 11 is 5.07. The largest absolute Gasteiger partial charge is 0.332 e. The molecule has 0 saturated carbocycles. The van der Waals surface area contributed by atoms with Crippen molar-refractivity contribution in [2.45, 2.75) is 4.90 Å². The summed E-state index contributed by atoms with van der Waals surface area (Å²) in [5, 5.41) is 16.0. The summed E-state index contributed by atoms with van der Waals surface area (Å²) < 4.78 is 40.8. The van der Waals surface area contributed by atoms with Crippen molar-refractivity contribution >= 4 is 50.4 Å². The van der Waals surface area contributed by atoms with Gasteiger partial charge in [0.1, 0.15) is 5.82 Å². The van der Waals surface area contributed by atoms with Crippen LogP contribution in [0.3, 0.4) is 0 Å². The van der Waals surface area contributed by atoms with Crippen molar-refractivity contribution in [2.24, 2.45) is 0 Å². The Labute approximate surface area is 175 Å². The number of anilines is 3. The van der Waals surface area contributed by atoms with E-state index in [-0.39, 0.29) is 27.3 Å². The Hall–Kier alpha value is -3.71. The maximum Gasteiger partial charge on any atom is 0.271 e. The van der Waals surface area contributed by atoms with Crippen molar-refractivity contribution < 1.29 is 17.7 Å². The van der Waals surface area contributed by atoms with Gasteiger partial charge in [0.15, 0.2) is 5.11 Å². The molecule has 0 aliphatic heterocycles. The fraction of sp³-hybridized carbons (Fsp3) is 0. The summed E-state index contributed by atoms with van der Waals surface area (Å²) in [7, 11) is -3.89. The van der Waals surface area contributed by atoms with Crippen molar-refractivity contribution in [1.82, 2.24) is 9.97 Å². The van der Waals surface area contributed by atoms with Crippen molar-refractivity contribution in [3.63, 3.8) is 0 Å². The third-order valence-electron chi connectivity index (χ3n) is 3.62. The van der Waals surface area contributed by atoms with E-state index in [2.05, 4.69) is 25.3 Å². The van der Waals surface area contributed by atoms with Gasteiger partial charge in [0.05, 0.1) is 15.5 Å². The Morgan fingerprint density at radius 1 is 1.07 bits per heavy atom. The lowest BCUT2D eigenvalue weighted by Gasteiger charge is -2.12. The summed E-state index contributed by atoms with van der Waals surface area (Å²) in [5.74, 6) is -0.788. The molecule has 0 aliphatic carbocycles. The maximum atomic E-state index is 13.8. The molecule has 0 bridgehead atoms. The number of nitrogens with one attached hydrogen (secondary N) is 3. The molecule has 13 heteroatoms. The molecule has 0 spiro atoms. The summed E-state index contributed by atoms with van der Waals surface area (Å²) in [6, 6.07) is 10.1. The Balaban J connectivity index is 1.68. The number of hydrogen-bond acceptors (Lipinski definition) is 7. The van der Waals surface area contributed by atoms with Gasteiger partial charge in [0.25, 0.3) is 15.7 Å². The Morgan fingerprint density at radius 2 is 1.73 bits per heavy atom. The third-order valence-corrected chi connectivity index (χ3v) is 5.17. The summed E-state index contributed by atoms with van der Waals surface area (Å²) in [6.07, 6.45) is 2.80. The molecule has 1 heterocycles. The summed E-state index contributed by atoms with van der Waals surface area (Å²) in [4.78, 5) is 17.7. The average Bonchev–Trinajstić information content (AvgIpc) is 2.70. The van der Waals surface area contributed by atoms with E-state index in [9.17, 15) is 22.9 Å². The molecule has 0 unspecified atom stereocenters. The zero-order valence-electron chi connectivity index (χ0n) is 14.9. The van der Waals surface area contributed by atoms with Gasteiger partial charge in [-0.05, 0) is 48.6 Å². The second-order valence-electron chi connectivity index (χ2n) is 5.70. The zero-order valence-corrected chi connectivity index (χ0v) is 16.6. The van der Waals surface area contributed by atoms with E-state index in [1.54, 1.807) is 6.07 Å². The van der Waals surface area contributed by atoms with E-state index in [1.807, 2.05) is 0 Å². The molecule has 10 nitrogen and oxygen atoms in total. The quantitative estimate of drug-likeness (QED) is 0.295. The standard InChI is InChI=1S/C17H13FN6O4S2/c18-14-7-4-12(24(25)26)10-15(14)22-17(29)21-11-2-5-13(6-3-11)30(27,28)23-16-19-8-1-9-20-16/h1-10H,(H,19,20,23)(H2,21,22,29). The van der Waals surface area contributed by atoms with Crippen LogP contribution in [0.15, 0.2) is 65.8 Å². The topological polar surface area (TPSA) is 139 Å². The number of rotatable bonds is 6. The highest BCUT2D eigenvalue weighted by Crippen LogP contribution is 2.22. The highest BCUT2D eigenvalue weighted by molar-refractivity contribution is 7.92. The second-order valence-corrected chi connectivity index (χ2v) is 7.79.